The molecule has 7 rings (SSSR count). The van der Waals surface area contributed by atoms with Crippen molar-refractivity contribution in [3.63, 3.8) is 0 Å². The highest BCUT2D eigenvalue weighted by Crippen LogP contribution is 2.48. The molecule has 188 valence electrons. The summed E-state index contributed by atoms with van der Waals surface area (Å²) in [7, 11) is 0. The van der Waals surface area contributed by atoms with Gasteiger partial charge in [-0.2, -0.15) is 0 Å². The van der Waals surface area contributed by atoms with Crippen LogP contribution in [0.2, 0.25) is 0 Å². The van der Waals surface area contributed by atoms with E-state index < -0.39 is 0 Å². The van der Waals surface area contributed by atoms with Crippen molar-refractivity contribution in [2.24, 2.45) is 5.92 Å². The first-order valence-electron chi connectivity index (χ1n) is 13.8. The lowest BCUT2D eigenvalue weighted by Crippen LogP contribution is -2.50. The number of aromatic nitrogens is 2. The van der Waals surface area contributed by atoms with E-state index in [0.29, 0.717) is 17.9 Å². The van der Waals surface area contributed by atoms with E-state index in [1.807, 2.05) is 0 Å². The van der Waals surface area contributed by atoms with Crippen LogP contribution in [0.4, 0.5) is 4.39 Å². The Balaban J connectivity index is 1.05. The van der Waals surface area contributed by atoms with Gasteiger partial charge < -0.3 is 9.88 Å². The molecule has 1 aliphatic heterocycles. The van der Waals surface area contributed by atoms with E-state index in [4.69, 9.17) is 0 Å². The average Bonchev–Trinajstić information content (AvgIpc) is 3.64. The number of H-pyrrole nitrogens is 1. The normalized spacial score (nSPS) is 27.4. The average molecular weight is 492 g/mol. The topological polar surface area (TPSA) is 31.9 Å². The van der Waals surface area contributed by atoms with Crippen LogP contribution in [0.3, 0.4) is 0 Å². The first kappa shape index (κ1) is 22.9. The van der Waals surface area contributed by atoms with Crippen LogP contribution < -0.4 is 0 Å². The largest absolute Gasteiger partial charge is 0.338 e. The predicted molar refractivity (Wildman–Crippen MR) is 149 cm³/mol. The van der Waals surface area contributed by atoms with Crippen LogP contribution in [0.5, 0.6) is 0 Å². The zero-order chi connectivity index (χ0) is 25.1. The highest BCUT2D eigenvalue weighted by atomic mass is 19.1. The first-order chi connectivity index (χ1) is 18.0. The number of likely N-dealkylation sites (tertiary alicyclic amines) is 1. The Morgan fingerprint density at radius 3 is 2.81 bits per heavy atom. The van der Waals surface area contributed by atoms with E-state index in [0.717, 1.165) is 22.4 Å². The number of imidazole rings is 1. The molecule has 3 nitrogen and oxygen atoms in total. The third-order valence-corrected chi connectivity index (χ3v) is 9.57. The van der Waals surface area contributed by atoms with Gasteiger partial charge in [-0.1, -0.05) is 55.5 Å². The lowest BCUT2D eigenvalue weighted by Gasteiger charge is -2.46. The molecule has 0 radical (unpaired) electrons. The first-order valence-corrected chi connectivity index (χ1v) is 13.8. The Bertz CT molecular complexity index is 1520. The number of nitrogens with zero attached hydrogens (tertiary/aromatic N) is 2. The molecule has 1 spiro atoms. The van der Waals surface area contributed by atoms with Crippen LogP contribution in [0, 0.1) is 18.7 Å². The smallest absolute Gasteiger partial charge is 0.138 e. The maximum atomic E-state index is 13.6. The van der Waals surface area contributed by atoms with E-state index in [-0.39, 0.29) is 11.2 Å². The van der Waals surface area contributed by atoms with Gasteiger partial charge in [-0.3, -0.25) is 0 Å². The molecular weight excluding hydrogens is 457 g/mol. The zero-order valence-electron chi connectivity index (χ0n) is 21.7. The van der Waals surface area contributed by atoms with E-state index in [9.17, 15) is 4.39 Å². The summed E-state index contributed by atoms with van der Waals surface area (Å²) in [5, 5.41) is 0. The molecule has 2 fully saturated rings. The monoisotopic (exact) mass is 491 g/mol. The Morgan fingerprint density at radius 2 is 1.95 bits per heavy atom. The molecule has 3 aromatic carbocycles. The van der Waals surface area contributed by atoms with Gasteiger partial charge in [0.15, 0.2) is 0 Å². The van der Waals surface area contributed by atoms with Crippen LogP contribution in [-0.2, 0) is 5.41 Å². The summed E-state index contributed by atoms with van der Waals surface area (Å²) in [5.41, 5.74) is 8.58. The summed E-state index contributed by atoms with van der Waals surface area (Å²) in [4.78, 5) is 10.8. The molecule has 3 unspecified atom stereocenters. The molecule has 4 aromatic rings. The van der Waals surface area contributed by atoms with Gasteiger partial charge in [-0.15, -0.1) is 0 Å². The fourth-order valence-corrected chi connectivity index (χ4v) is 7.53. The number of rotatable bonds is 3. The van der Waals surface area contributed by atoms with Gasteiger partial charge in [0.1, 0.15) is 11.6 Å². The second-order valence-corrected chi connectivity index (χ2v) is 11.6. The minimum Gasteiger partial charge on any atom is -0.338 e. The molecule has 2 aliphatic carbocycles. The number of piperidine rings is 1. The molecule has 1 N–H and O–H groups in total. The van der Waals surface area contributed by atoms with Crippen LogP contribution in [0.25, 0.3) is 28.5 Å². The minimum atomic E-state index is -0.243. The maximum absolute atomic E-state index is 13.6. The minimum absolute atomic E-state index is 0.222. The number of hydrogen-bond donors (Lipinski definition) is 1. The fraction of sp³-hybridized carbons (Fsp3) is 0.364. The molecule has 4 atom stereocenters. The number of aromatic amines is 1. The van der Waals surface area contributed by atoms with Crippen molar-refractivity contribution >= 4 is 17.1 Å². The van der Waals surface area contributed by atoms with Gasteiger partial charge >= 0.3 is 0 Å². The Labute approximate surface area is 218 Å². The summed E-state index contributed by atoms with van der Waals surface area (Å²) in [6.45, 7) is 7.05. The van der Waals surface area contributed by atoms with Crippen molar-refractivity contribution in [3.8, 4) is 11.4 Å². The van der Waals surface area contributed by atoms with Crippen LogP contribution >= 0.6 is 0 Å². The molecule has 1 saturated heterocycles. The molecule has 1 aromatic heterocycles. The van der Waals surface area contributed by atoms with E-state index in [1.165, 1.54) is 73.2 Å². The summed E-state index contributed by atoms with van der Waals surface area (Å²) in [6, 6.07) is 21.1. The highest BCUT2D eigenvalue weighted by Gasteiger charge is 2.45. The number of fused-ring (bicyclic) bond motifs is 3. The van der Waals surface area contributed by atoms with Gasteiger partial charge in [0.25, 0.3) is 0 Å². The second kappa shape index (κ2) is 8.66. The lowest BCUT2D eigenvalue weighted by molar-refractivity contribution is 0.0898. The summed E-state index contributed by atoms with van der Waals surface area (Å²) in [6.07, 6.45) is 9.86. The maximum Gasteiger partial charge on any atom is 0.138 e. The van der Waals surface area contributed by atoms with Gasteiger partial charge in [-0.05, 0) is 97.5 Å². The van der Waals surface area contributed by atoms with Crippen molar-refractivity contribution in [2.75, 3.05) is 13.1 Å². The molecule has 3 aliphatic rings. The molecule has 37 heavy (non-hydrogen) atoms. The van der Waals surface area contributed by atoms with Gasteiger partial charge in [0.2, 0.25) is 0 Å². The standard InChI is InChI=1S/C33H34FN3/c1-21-17-25(32-35-30-12-9-26(34)19-31(30)36-32)8-11-28(21)24-7-10-27(18-24)37-16-15-33(22(2)20-37)14-13-23-5-3-4-6-29(23)33/h3-6,8-9,11-14,17,19,22,24,27H,7,10,15-16,18,20H2,1-2H3,(H,35,36)/t22-,24?,27?,33?/m0/s1. The number of nitrogens with one attached hydrogen (secondary N) is 1. The molecule has 0 amide bonds. The SMILES string of the molecule is Cc1cc(-c2nc3ccc(F)cc3[nH]2)ccc1C1CCC(N2CCC3(C=Cc4ccccc43)[C@@H](C)C2)C1. The summed E-state index contributed by atoms with van der Waals surface area (Å²) < 4.78 is 13.6. The third-order valence-electron chi connectivity index (χ3n) is 9.57. The summed E-state index contributed by atoms with van der Waals surface area (Å²) in [5.74, 6) is 1.80. The van der Waals surface area contributed by atoms with Gasteiger partial charge in [0, 0.05) is 23.6 Å². The van der Waals surface area contributed by atoms with Crippen LogP contribution in [0.1, 0.15) is 60.8 Å². The number of hydrogen-bond acceptors (Lipinski definition) is 2. The van der Waals surface area contributed by atoms with Crippen molar-refractivity contribution in [1.29, 1.82) is 0 Å². The lowest BCUT2D eigenvalue weighted by atomic mass is 9.68. The fourth-order valence-electron chi connectivity index (χ4n) is 7.53. The highest BCUT2D eigenvalue weighted by molar-refractivity contribution is 5.79. The number of halogens is 1. The van der Waals surface area contributed by atoms with E-state index in [1.54, 1.807) is 6.07 Å². The second-order valence-electron chi connectivity index (χ2n) is 11.6. The molecular formula is C33H34FN3. The van der Waals surface area contributed by atoms with Gasteiger partial charge in [-0.25, -0.2) is 9.37 Å². The third kappa shape index (κ3) is 3.76. The van der Waals surface area contributed by atoms with Gasteiger partial charge in [0.05, 0.1) is 11.0 Å². The summed E-state index contributed by atoms with van der Waals surface area (Å²) >= 11 is 0. The van der Waals surface area contributed by atoms with E-state index in [2.05, 4.69) is 83.3 Å². The number of benzene rings is 3. The van der Waals surface area contributed by atoms with E-state index >= 15 is 0 Å². The van der Waals surface area contributed by atoms with Crippen LogP contribution in [0.15, 0.2) is 66.7 Å². The molecule has 0 bridgehead atoms. The number of aryl methyl sites for hydroxylation is 1. The zero-order valence-corrected chi connectivity index (χ0v) is 21.7. The Kier molecular flexibility index (Phi) is 5.37. The molecule has 4 heteroatoms. The van der Waals surface area contributed by atoms with Crippen molar-refractivity contribution in [1.82, 2.24) is 14.9 Å². The molecule has 1 saturated carbocycles. The predicted octanol–water partition coefficient (Wildman–Crippen LogP) is 7.62. The Morgan fingerprint density at radius 1 is 1.05 bits per heavy atom. The number of allylic oxidation sites excluding steroid dienone is 1. The quantitative estimate of drug-likeness (QED) is 0.320. The van der Waals surface area contributed by atoms with Crippen molar-refractivity contribution in [2.45, 2.75) is 56.9 Å². The van der Waals surface area contributed by atoms with Crippen molar-refractivity contribution < 1.29 is 4.39 Å². The van der Waals surface area contributed by atoms with Crippen molar-refractivity contribution in [3.05, 3.63) is 94.8 Å². The van der Waals surface area contributed by atoms with Crippen LogP contribution in [-0.4, -0.2) is 34.0 Å². The Hall–Kier alpha value is -3.24. The molecule has 2 heterocycles.